The molecule has 196 valence electrons. The van der Waals surface area contributed by atoms with Crippen molar-refractivity contribution in [3.05, 3.63) is 25.3 Å². The summed E-state index contributed by atoms with van der Waals surface area (Å²) in [6, 6.07) is -1.55. The highest BCUT2D eigenvalue weighted by Gasteiger charge is 2.78. The average molecular weight is 490 g/mol. The Labute approximate surface area is 210 Å². The standard InChI is InChI=1S/C27H43N3O5/c1-9-13-28(8)23(32)20-21-24(33)30(19(16-31)15-17(3)4)22(25(34)29(14-10-2)18(5)6)27(21)12-11-26(20,7)35-27/h9-10,17-22,31H,1-2,11-16H2,3-8H3/t19-,20-,21+,22?,26+,27?/m1/s1. The van der Waals surface area contributed by atoms with Crippen molar-refractivity contribution in [3.63, 3.8) is 0 Å². The van der Waals surface area contributed by atoms with Gasteiger partial charge in [-0.25, -0.2) is 0 Å². The maximum Gasteiger partial charge on any atom is 0.248 e. The average Bonchev–Trinajstić information content (AvgIpc) is 3.35. The summed E-state index contributed by atoms with van der Waals surface area (Å²) in [6.45, 7) is 17.8. The number of carbonyl (C=O) groups is 3. The van der Waals surface area contributed by atoms with Crippen molar-refractivity contribution in [2.75, 3.05) is 26.7 Å². The third kappa shape index (κ3) is 4.33. The van der Waals surface area contributed by atoms with Gasteiger partial charge in [-0.1, -0.05) is 26.0 Å². The van der Waals surface area contributed by atoms with E-state index in [1.54, 1.807) is 33.9 Å². The first kappa shape index (κ1) is 27.4. The maximum absolute atomic E-state index is 14.2. The van der Waals surface area contributed by atoms with Gasteiger partial charge in [0.1, 0.15) is 11.6 Å². The van der Waals surface area contributed by atoms with E-state index in [9.17, 15) is 19.5 Å². The molecule has 2 unspecified atom stereocenters. The van der Waals surface area contributed by atoms with Crippen LogP contribution in [0.25, 0.3) is 0 Å². The summed E-state index contributed by atoms with van der Waals surface area (Å²) in [5.74, 6) is -1.91. The predicted molar refractivity (Wildman–Crippen MR) is 134 cm³/mol. The summed E-state index contributed by atoms with van der Waals surface area (Å²) in [6.07, 6.45) is 4.98. The molecule has 2 bridgehead atoms. The number of hydrogen-bond acceptors (Lipinski definition) is 5. The van der Waals surface area contributed by atoms with E-state index in [1.807, 2.05) is 34.6 Å². The van der Waals surface area contributed by atoms with Gasteiger partial charge in [-0.3, -0.25) is 14.4 Å². The highest BCUT2D eigenvalue weighted by molar-refractivity contribution is 5.99. The summed E-state index contributed by atoms with van der Waals surface area (Å²) >= 11 is 0. The van der Waals surface area contributed by atoms with Gasteiger partial charge in [0, 0.05) is 26.2 Å². The van der Waals surface area contributed by atoms with Gasteiger partial charge < -0.3 is 24.5 Å². The number of likely N-dealkylation sites (tertiary alicyclic amines) is 1. The van der Waals surface area contributed by atoms with Crippen LogP contribution in [0.2, 0.25) is 0 Å². The van der Waals surface area contributed by atoms with Crippen molar-refractivity contribution in [1.82, 2.24) is 14.7 Å². The smallest absolute Gasteiger partial charge is 0.248 e. The fraction of sp³-hybridized carbons (Fsp3) is 0.741. The number of aliphatic hydroxyl groups is 1. The molecule has 8 heteroatoms. The Hall–Kier alpha value is -2.19. The third-order valence-corrected chi connectivity index (χ3v) is 8.07. The number of ether oxygens (including phenoxy) is 1. The number of amides is 3. The van der Waals surface area contributed by atoms with Crippen LogP contribution < -0.4 is 0 Å². The topological polar surface area (TPSA) is 90.4 Å². The molecule has 0 aromatic rings. The summed E-state index contributed by atoms with van der Waals surface area (Å²) in [7, 11) is 1.70. The molecule has 0 aromatic carbocycles. The Kier molecular flexibility index (Phi) is 7.87. The zero-order chi connectivity index (χ0) is 26.3. The number of aliphatic hydroxyl groups excluding tert-OH is 1. The van der Waals surface area contributed by atoms with Crippen LogP contribution in [0.15, 0.2) is 25.3 Å². The Bertz CT molecular complexity index is 873. The summed E-state index contributed by atoms with van der Waals surface area (Å²) < 4.78 is 6.68. The van der Waals surface area contributed by atoms with Crippen molar-refractivity contribution >= 4 is 17.7 Å². The zero-order valence-corrected chi connectivity index (χ0v) is 22.2. The second kappa shape index (κ2) is 10.1. The van der Waals surface area contributed by atoms with Crippen molar-refractivity contribution in [1.29, 1.82) is 0 Å². The van der Waals surface area contributed by atoms with E-state index < -0.39 is 35.1 Å². The number of likely N-dealkylation sites (N-methyl/N-ethyl adjacent to an activating group) is 1. The number of nitrogens with zero attached hydrogens (tertiary/aromatic N) is 3. The first-order valence-corrected chi connectivity index (χ1v) is 12.8. The Balaban J connectivity index is 2.15. The van der Waals surface area contributed by atoms with Gasteiger partial charge in [-0.05, 0) is 46.0 Å². The molecule has 0 aromatic heterocycles. The second-order valence-electron chi connectivity index (χ2n) is 11.3. The number of hydrogen-bond donors (Lipinski definition) is 1. The molecular weight excluding hydrogens is 446 g/mol. The van der Waals surface area contributed by atoms with Gasteiger partial charge in [-0.2, -0.15) is 0 Å². The lowest BCUT2D eigenvalue weighted by molar-refractivity contribution is -0.157. The van der Waals surface area contributed by atoms with Gasteiger partial charge in [0.2, 0.25) is 17.7 Å². The molecule has 6 atom stereocenters. The lowest BCUT2D eigenvalue weighted by Gasteiger charge is -2.40. The first-order chi connectivity index (χ1) is 16.4. The molecule has 0 aliphatic carbocycles. The molecule has 35 heavy (non-hydrogen) atoms. The Morgan fingerprint density at radius 1 is 1.17 bits per heavy atom. The molecule has 3 amide bonds. The molecule has 1 N–H and O–H groups in total. The quantitative estimate of drug-likeness (QED) is 0.450. The van der Waals surface area contributed by atoms with Crippen LogP contribution in [-0.4, -0.2) is 93.6 Å². The van der Waals surface area contributed by atoms with Crippen LogP contribution in [0.5, 0.6) is 0 Å². The number of fused-ring (bicyclic) bond motifs is 1. The minimum atomic E-state index is -1.10. The summed E-state index contributed by atoms with van der Waals surface area (Å²) in [5, 5.41) is 10.4. The van der Waals surface area contributed by atoms with Gasteiger partial charge in [-0.15, -0.1) is 13.2 Å². The lowest BCUT2D eigenvalue weighted by atomic mass is 9.66. The maximum atomic E-state index is 14.2. The molecule has 3 fully saturated rings. The van der Waals surface area contributed by atoms with Crippen LogP contribution in [0.4, 0.5) is 0 Å². The molecule has 0 radical (unpaired) electrons. The van der Waals surface area contributed by atoms with E-state index in [4.69, 9.17) is 4.74 Å². The molecule has 3 saturated heterocycles. The lowest BCUT2D eigenvalue weighted by Crippen LogP contribution is -2.60. The third-order valence-electron chi connectivity index (χ3n) is 8.07. The van der Waals surface area contributed by atoms with Crippen molar-refractivity contribution in [3.8, 4) is 0 Å². The van der Waals surface area contributed by atoms with Crippen LogP contribution in [0, 0.1) is 17.8 Å². The Morgan fingerprint density at radius 2 is 1.80 bits per heavy atom. The largest absolute Gasteiger partial charge is 0.394 e. The highest BCUT2D eigenvalue weighted by Crippen LogP contribution is 2.64. The van der Waals surface area contributed by atoms with Crippen LogP contribution in [-0.2, 0) is 19.1 Å². The molecular formula is C27H43N3O5. The van der Waals surface area contributed by atoms with E-state index in [-0.39, 0.29) is 36.3 Å². The molecule has 3 aliphatic rings. The van der Waals surface area contributed by atoms with Crippen LogP contribution >= 0.6 is 0 Å². The van der Waals surface area contributed by atoms with Crippen molar-refractivity contribution in [2.24, 2.45) is 17.8 Å². The zero-order valence-electron chi connectivity index (χ0n) is 22.2. The second-order valence-corrected chi connectivity index (χ2v) is 11.3. The van der Waals surface area contributed by atoms with E-state index in [0.29, 0.717) is 32.4 Å². The van der Waals surface area contributed by atoms with Crippen molar-refractivity contribution < 1.29 is 24.2 Å². The molecule has 1 spiro atoms. The number of rotatable bonds is 11. The minimum absolute atomic E-state index is 0.115. The SMILES string of the molecule is C=CCN(C)C(=O)[C@H]1[C@H]2C(=O)N([C@@H](CO)CC(C)C)C(C(=O)N(CC=C)C(C)C)C23CC[C@]1(C)O3. The predicted octanol–water partition coefficient (Wildman–Crippen LogP) is 2.23. The molecule has 3 heterocycles. The molecule has 0 saturated carbocycles. The monoisotopic (exact) mass is 489 g/mol. The highest BCUT2D eigenvalue weighted by atomic mass is 16.5. The number of carbonyl (C=O) groups excluding carboxylic acids is 3. The molecule has 3 aliphatic heterocycles. The van der Waals surface area contributed by atoms with Gasteiger partial charge >= 0.3 is 0 Å². The fourth-order valence-corrected chi connectivity index (χ4v) is 6.61. The van der Waals surface area contributed by atoms with Gasteiger partial charge in [0.15, 0.2) is 0 Å². The van der Waals surface area contributed by atoms with Gasteiger partial charge in [0.05, 0.1) is 30.1 Å². The Morgan fingerprint density at radius 3 is 2.31 bits per heavy atom. The van der Waals surface area contributed by atoms with Crippen molar-refractivity contribution in [2.45, 2.75) is 83.2 Å². The van der Waals surface area contributed by atoms with Gasteiger partial charge in [0.25, 0.3) is 0 Å². The molecule has 8 nitrogen and oxygen atoms in total. The normalized spacial score (nSPS) is 32.2. The summed E-state index contributed by atoms with van der Waals surface area (Å²) in [4.78, 5) is 46.9. The van der Waals surface area contributed by atoms with Crippen LogP contribution in [0.3, 0.4) is 0 Å². The first-order valence-electron chi connectivity index (χ1n) is 12.8. The minimum Gasteiger partial charge on any atom is -0.394 e. The fourth-order valence-electron chi connectivity index (χ4n) is 6.61. The van der Waals surface area contributed by atoms with E-state index in [2.05, 4.69) is 13.2 Å². The van der Waals surface area contributed by atoms with Crippen LogP contribution in [0.1, 0.15) is 53.9 Å². The molecule has 3 rings (SSSR count). The van der Waals surface area contributed by atoms with E-state index in [0.717, 1.165) is 0 Å². The van der Waals surface area contributed by atoms with E-state index in [1.165, 1.54) is 0 Å². The summed E-state index contributed by atoms with van der Waals surface area (Å²) in [5.41, 5.74) is -1.93. The van der Waals surface area contributed by atoms with E-state index >= 15 is 0 Å².